The molecule has 1 aliphatic rings. The van der Waals surface area contributed by atoms with Gasteiger partial charge in [-0.2, -0.15) is 0 Å². The molecule has 210 valence electrons. The Morgan fingerprint density at radius 3 is 1.83 bits per heavy atom. The van der Waals surface area contributed by atoms with Crippen molar-refractivity contribution < 1.29 is 0 Å². The number of halogens is 2. The zero-order valence-corrected chi connectivity index (χ0v) is 28.2. The Morgan fingerprint density at radius 1 is 0.585 bits per heavy atom. The molecule has 0 amide bonds. The summed E-state index contributed by atoms with van der Waals surface area (Å²) in [7, 11) is -2.38. The van der Waals surface area contributed by atoms with Gasteiger partial charge in [-0.15, -0.1) is 0 Å². The first-order chi connectivity index (χ1) is 20.1. The van der Waals surface area contributed by atoms with Gasteiger partial charge < -0.3 is 0 Å². The topological polar surface area (TPSA) is 12.9 Å². The van der Waals surface area contributed by atoms with Crippen LogP contribution in [-0.4, -0.2) is 13.1 Å². The summed E-state index contributed by atoms with van der Waals surface area (Å²) in [6.07, 6.45) is 15.6. The lowest BCUT2D eigenvalue weighted by Gasteiger charge is -2.32. The molecule has 0 unspecified atom stereocenters. The third-order valence-electron chi connectivity index (χ3n) is 9.15. The van der Waals surface area contributed by atoms with Crippen LogP contribution in [0.2, 0.25) is 6.04 Å². The van der Waals surface area contributed by atoms with Crippen molar-refractivity contribution in [2.75, 3.05) is 0 Å². The lowest BCUT2D eigenvalue weighted by Crippen LogP contribution is -2.64. The highest BCUT2D eigenvalue weighted by Crippen LogP contribution is 2.36. The molecule has 0 radical (unpaired) electrons. The van der Waals surface area contributed by atoms with E-state index < -0.39 is 8.07 Å². The molecule has 0 fully saturated rings. The number of unbranched alkanes of at least 4 members (excludes halogenated alkanes) is 9. The van der Waals surface area contributed by atoms with Gasteiger partial charge in [0.2, 0.25) is 0 Å². The molecule has 0 saturated heterocycles. The maximum absolute atomic E-state index is 4.98. The van der Waals surface area contributed by atoms with E-state index in [1.165, 1.54) is 112 Å². The first kappa shape index (κ1) is 28.8. The molecular formula is C37H39Br2NSi. The highest BCUT2D eigenvalue weighted by Gasteiger charge is 2.47. The molecule has 4 aromatic carbocycles. The molecule has 0 atom stereocenters. The third kappa shape index (κ3) is 5.60. The first-order valence-corrected chi connectivity index (χ1v) is 19.3. The van der Waals surface area contributed by atoms with Crippen LogP contribution in [-0.2, 0) is 0 Å². The average molecular weight is 686 g/mol. The number of rotatable bonds is 12. The maximum atomic E-state index is 4.98. The molecule has 5 aromatic rings. The monoisotopic (exact) mass is 683 g/mol. The Hall–Kier alpha value is -2.27. The summed E-state index contributed by atoms with van der Waals surface area (Å²) in [5, 5.41) is 8.49. The summed E-state index contributed by atoms with van der Waals surface area (Å²) in [5.74, 6) is 0. The Bertz CT molecular complexity index is 1630. The lowest BCUT2D eigenvalue weighted by atomic mass is 10.1. The Labute approximate surface area is 263 Å². The van der Waals surface area contributed by atoms with Crippen molar-refractivity contribution in [3.63, 3.8) is 0 Å². The molecule has 41 heavy (non-hydrogen) atoms. The summed E-state index contributed by atoms with van der Waals surface area (Å²) in [6, 6.07) is 31.0. The van der Waals surface area contributed by atoms with Crippen LogP contribution in [0, 0.1) is 0 Å². The molecule has 6 rings (SSSR count). The van der Waals surface area contributed by atoms with Crippen LogP contribution >= 0.6 is 31.9 Å². The maximum Gasteiger partial charge on any atom is 0.150 e. The normalized spacial score (nSPS) is 13.5. The highest BCUT2D eigenvalue weighted by molar-refractivity contribution is 9.10. The van der Waals surface area contributed by atoms with Gasteiger partial charge in [-0.1, -0.05) is 152 Å². The van der Waals surface area contributed by atoms with Gasteiger partial charge in [0.05, 0.1) is 5.52 Å². The average Bonchev–Trinajstić information content (AvgIpc) is 3.26. The van der Waals surface area contributed by atoms with E-state index in [-0.39, 0.29) is 0 Å². The fraction of sp³-hybridized carbons (Fsp3) is 0.324. The number of pyridine rings is 1. The molecule has 0 saturated carbocycles. The standard InChI is InChI=1S/C37H39Br2NSi/c1-2-3-4-5-6-7-8-9-10-11-24-41(33-16-12-14-27-17-18-28-15-13-23-40-37(28)36(27)33)34-25-29(38)19-21-31(34)32-22-20-30(39)26-35(32)41/h12-23,25-26H,2-11,24H2,1H3. The van der Waals surface area contributed by atoms with Crippen molar-refractivity contribution in [3.05, 3.63) is 94.0 Å². The number of benzene rings is 4. The summed E-state index contributed by atoms with van der Waals surface area (Å²) in [6.45, 7) is 2.30. The van der Waals surface area contributed by atoms with Gasteiger partial charge in [-0.25, -0.2) is 0 Å². The Morgan fingerprint density at radius 2 is 1.17 bits per heavy atom. The van der Waals surface area contributed by atoms with Crippen molar-refractivity contribution in [3.8, 4) is 11.1 Å². The molecule has 4 heteroatoms. The summed E-state index contributed by atoms with van der Waals surface area (Å²) in [4.78, 5) is 4.98. The van der Waals surface area contributed by atoms with Crippen LogP contribution < -0.4 is 15.6 Å². The van der Waals surface area contributed by atoms with E-state index in [9.17, 15) is 0 Å². The molecule has 0 bridgehead atoms. The minimum Gasteiger partial charge on any atom is -0.256 e. The fourth-order valence-electron chi connectivity index (χ4n) is 7.20. The van der Waals surface area contributed by atoms with E-state index in [1.54, 1.807) is 10.4 Å². The van der Waals surface area contributed by atoms with Crippen molar-refractivity contribution >= 4 is 77.2 Å². The van der Waals surface area contributed by atoms with E-state index in [1.807, 2.05) is 6.20 Å². The van der Waals surface area contributed by atoms with E-state index in [0.29, 0.717) is 0 Å². The number of fused-ring (bicyclic) bond motifs is 6. The largest absolute Gasteiger partial charge is 0.256 e. The van der Waals surface area contributed by atoms with E-state index in [0.717, 1.165) is 5.52 Å². The Balaban J connectivity index is 1.43. The van der Waals surface area contributed by atoms with Crippen molar-refractivity contribution in [2.24, 2.45) is 0 Å². The second kappa shape index (κ2) is 12.9. The predicted molar refractivity (Wildman–Crippen MR) is 188 cm³/mol. The van der Waals surface area contributed by atoms with Crippen LogP contribution in [0.3, 0.4) is 0 Å². The van der Waals surface area contributed by atoms with Crippen LogP contribution in [0.25, 0.3) is 32.8 Å². The van der Waals surface area contributed by atoms with Crippen LogP contribution in [0.15, 0.2) is 94.0 Å². The van der Waals surface area contributed by atoms with E-state index in [4.69, 9.17) is 4.98 Å². The molecular weight excluding hydrogens is 646 g/mol. The van der Waals surface area contributed by atoms with Gasteiger partial charge in [0, 0.05) is 25.9 Å². The zero-order valence-electron chi connectivity index (χ0n) is 24.1. The van der Waals surface area contributed by atoms with E-state index in [2.05, 4.69) is 118 Å². The Kier molecular flexibility index (Phi) is 9.09. The summed E-state index contributed by atoms with van der Waals surface area (Å²) < 4.78 is 2.34. The molecule has 0 aliphatic carbocycles. The smallest absolute Gasteiger partial charge is 0.150 e. The quantitative estimate of drug-likeness (QED) is 0.0724. The van der Waals surface area contributed by atoms with Gasteiger partial charge in [0.15, 0.2) is 8.07 Å². The minimum absolute atomic E-state index is 1.13. The zero-order chi connectivity index (χ0) is 28.2. The number of hydrogen-bond acceptors (Lipinski definition) is 1. The SMILES string of the molecule is CCCCCCCCCCCC[Si]1(c2cccc3ccc4cccnc4c23)c2cc(Br)ccc2-c2ccc(Br)cc21. The molecule has 2 heterocycles. The number of aromatic nitrogens is 1. The van der Waals surface area contributed by atoms with E-state index >= 15 is 0 Å². The van der Waals surface area contributed by atoms with Gasteiger partial charge >= 0.3 is 0 Å². The molecule has 0 spiro atoms. The van der Waals surface area contributed by atoms with Crippen molar-refractivity contribution in [1.29, 1.82) is 0 Å². The second-order valence-corrected chi connectivity index (χ2v) is 17.5. The van der Waals surface area contributed by atoms with Crippen molar-refractivity contribution in [1.82, 2.24) is 4.98 Å². The summed E-state index contributed by atoms with van der Waals surface area (Å²) in [5.41, 5.74) is 3.97. The highest BCUT2D eigenvalue weighted by atomic mass is 79.9. The number of hydrogen-bond donors (Lipinski definition) is 0. The molecule has 1 aliphatic heterocycles. The minimum atomic E-state index is -2.38. The van der Waals surface area contributed by atoms with Gasteiger partial charge in [0.1, 0.15) is 0 Å². The molecule has 1 nitrogen and oxygen atoms in total. The number of nitrogens with zero attached hydrogens (tertiary/aromatic N) is 1. The van der Waals surface area contributed by atoms with Crippen LogP contribution in [0.1, 0.15) is 71.1 Å². The molecule has 1 aromatic heterocycles. The van der Waals surface area contributed by atoms with Gasteiger partial charge in [-0.3, -0.25) is 4.98 Å². The van der Waals surface area contributed by atoms with Gasteiger partial charge in [-0.05, 0) is 68.4 Å². The summed E-state index contributed by atoms with van der Waals surface area (Å²) >= 11 is 7.74. The first-order valence-electron chi connectivity index (χ1n) is 15.5. The third-order valence-corrected chi connectivity index (χ3v) is 15.2. The van der Waals surface area contributed by atoms with Crippen LogP contribution in [0.5, 0.6) is 0 Å². The van der Waals surface area contributed by atoms with Crippen LogP contribution in [0.4, 0.5) is 0 Å². The van der Waals surface area contributed by atoms with Gasteiger partial charge in [0.25, 0.3) is 0 Å². The molecule has 0 N–H and O–H groups in total. The lowest BCUT2D eigenvalue weighted by molar-refractivity contribution is 0.562. The predicted octanol–water partition coefficient (Wildman–Crippen LogP) is 10.3. The van der Waals surface area contributed by atoms with Crippen molar-refractivity contribution in [2.45, 2.75) is 77.2 Å². The second-order valence-electron chi connectivity index (χ2n) is 11.8. The fourth-order valence-corrected chi connectivity index (χ4v) is 14.0.